The predicted octanol–water partition coefficient (Wildman–Crippen LogP) is 1.46. The summed E-state index contributed by atoms with van der Waals surface area (Å²) in [5.74, 6) is -0.333. The van der Waals surface area contributed by atoms with Gasteiger partial charge in [-0.2, -0.15) is 0 Å². The van der Waals surface area contributed by atoms with Gasteiger partial charge in [0.2, 0.25) is 5.91 Å². The summed E-state index contributed by atoms with van der Waals surface area (Å²) < 4.78 is 1.66. The number of aliphatic hydroxyl groups is 1. The van der Waals surface area contributed by atoms with Gasteiger partial charge >= 0.3 is 0 Å². The zero-order valence-corrected chi connectivity index (χ0v) is 13.6. The van der Waals surface area contributed by atoms with E-state index >= 15 is 0 Å². The second-order valence-electron chi connectivity index (χ2n) is 5.27. The molecule has 0 fully saturated rings. The van der Waals surface area contributed by atoms with Crippen LogP contribution in [0, 0.1) is 0 Å². The van der Waals surface area contributed by atoms with Crippen LogP contribution in [0.4, 0.5) is 0 Å². The Morgan fingerprint density at radius 3 is 3.00 bits per heavy atom. The van der Waals surface area contributed by atoms with E-state index in [4.69, 9.17) is 0 Å². The Bertz CT molecular complexity index is 584. The Balaban J connectivity index is 1.84. The number of aromatic nitrogens is 4. The first-order valence-corrected chi connectivity index (χ1v) is 8.31. The van der Waals surface area contributed by atoms with E-state index in [9.17, 15) is 9.90 Å². The van der Waals surface area contributed by atoms with Crippen molar-refractivity contribution in [1.29, 1.82) is 0 Å². The third-order valence-corrected chi connectivity index (χ3v) is 3.80. The van der Waals surface area contributed by atoms with Crippen LogP contribution in [0.1, 0.15) is 33.1 Å². The van der Waals surface area contributed by atoms with Crippen LogP contribution in [0.25, 0.3) is 11.4 Å². The number of hydrogen-bond acceptors (Lipinski definition) is 6. The van der Waals surface area contributed by atoms with Crippen LogP contribution in [0.3, 0.4) is 0 Å². The monoisotopic (exact) mass is 323 g/mol. The van der Waals surface area contributed by atoms with Crippen LogP contribution in [0.15, 0.2) is 17.1 Å². The van der Waals surface area contributed by atoms with E-state index in [1.165, 1.54) is 11.3 Å². The van der Waals surface area contributed by atoms with Crippen molar-refractivity contribution in [2.75, 3.05) is 0 Å². The minimum absolute atomic E-state index is 0.145. The summed E-state index contributed by atoms with van der Waals surface area (Å²) in [6.07, 6.45) is 3.14. The summed E-state index contributed by atoms with van der Waals surface area (Å²) in [7, 11) is 0. The van der Waals surface area contributed by atoms with Gasteiger partial charge in [-0.1, -0.05) is 25.0 Å². The van der Waals surface area contributed by atoms with Crippen molar-refractivity contribution >= 4 is 17.2 Å². The highest BCUT2D eigenvalue weighted by Gasteiger charge is 2.17. The predicted molar refractivity (Wildman–Crippen MR) is 84.3 cm³/mol. The van der Waals surface area contributed by atoms with E-state index in [0.717, 1.165) is 18.5 Å². The average Bonchev–Trinajstić information content (AvgIpc) is 3.15. The molecule has 0 saturated heterocycles. The maximum Gasteiger partial charge on any atom is 0.249 e. The fourth-order valence-electron chi connectivity index (χ4n) is 2.04. The van der Waals surface area contributed by atoms with Gasteiger partial charge in [0.15, 0.2) is 0 Å². The Morgan fingerprint density at radius 2 is 2.32 bits per heavy atom. The molecule has 0 radical (unpaired) electrons. The second-order valence-corrected chi connectivity index (χ2v) is 5.99. The van der Waals surface area contributed by atoms with Crippen molar-refractivity contribution in [3.63, 3.8) is 0 Å². The van der Waals surface area contributed by atoms with Crippen LogP contribution in [-0.4, -0.2) is 43.1 Å². The molecular formula is C14H21N5O2S. The Kier molecular flexibility index (Phi) is 6.02. The molecule has 0 aliphatic rings. The van der Waals surface area contributed by atoms with Gasteiger partial charge in [-0.25, -0.2) is 9.67 Å². The van der Waals surface area contributed by atoms with Gasteiger partial charge in [-0.3, -0.25) is 4.79 Å². The molecule has 1 amide bonds. The van der Waals surface area contributed by atoms with E-state index in [2.05, 4.69) is 20.6 Å². The highest BCUT2D eigenvalue weighted by molar-refractivity contribution is 7.07. The molecule has 0 saturated carbocycles. The zero-order valence-electron chi connectivity index (χ0n) is 12.8. The lowest BCUT2D eigenvalue weighted by molar-refractivity contribution is -0.130. The van der Waals surface area contributed by atoms with Gasteiger partial charge in [-0.15, -0.1) is 16.4 Å². The molecule has 0 aromatic carbocycles. The van der Waals surface area contributed by atoms with Crippen molar-refractivity contribution in [3.8, 4) is 11.4 Å². The van der Waals surface area contributed by atoms with Gasteiger partial charge < -0.3 is 10.4 Å². The highest BCUT2D eigenvalue weighted by Crippen LogP contribution is 2.15. The van der Waals surface area contributed by atoms with Gasteiger partial charge in [-0.05, 0) is 13.3 Å². The van der Waals surface area contributed by atoms with Gasteiger partial charge in [0.05, 0.1) is 18.3 Å². The smallest absolute Gasteiger partial charge is 0.249 e. The maximum atomic E-state index is 11.8. The van der Waals surface area contributed by atoms with Crippen molar-refractivity contribution < 1.29 is 9.90 Å². The van der Waals surface area contributed by atoms with E-state index in [1.54, 1.807) is 16.4 Å². The fraction of sp³-hybridized carbons (Fsp3) is 0.571. The van der Waals surface area contributed by atoms with Gasteiger partial charge in [0, 0.05) is 11.4 Å². The van der Waals surface area contributed by atoms with E-state index in [-0.39, 0.29) is 11.9 Å². The fourth-order valence-corrected chi connectivity index (χ4v) is 2.58. The van der Waals surface area contributed by atoms with Crippen LogP contribution in [-0.2, 0) is 11.3 Å². The minimum atomic E-state index is -0.941. The molecule has 2 aromatic heterocycles. The molecule has 2 aromatic rings. The largest absolute Gasteiger partial charge is 0.383 e. The normalized spacial score (nSPS) is 13.8. The lowest BCUT2D eigenvalue weighted by Gasteiger charge is -2.16. The summed E-state index contributed by atoms with van der Waals surface area (Å²) in [6.45, 7) is 4.38. The molecule has 2 heterocycles. The molecule has 120 valence electrons. The standard InChI is InChI=1S/C14H21N5O2S/c1-3-4-5-13(20)14(21)16-10(2)6-19-7-11(17-18-19)12-8-22-9-15-12/h7-10,13,20H,3-6H2,1-2H3,(H,16,21)/t10-,13?/m0/s1. The van der Waals surface area contributed by atoms with Crippen molar-refractivity contribution in [3.05, 3.63) is 17.1 Å². The Morgan fingerprint density at radius 1 is 1.50 bits per heavy atom. The molecule has 1 unspecified atom stereocenters. The van der Waals surface area contributed by atoms with Gasteiger partial charge in [0.1, 0.15) is 17.5 Å². The minimum Gasteiger partial charge on any atom is -0.383 e. The number of thiazole rings is 1. The quantitative estimate of drug-likeness (QED) is 0.767. The van der Waals surface area contributed by atoms with Gasteiger partial charge in [0.25, 0.3) is 0 Å². The molecule has 8 heteroatoms. The van der Waals surface area contributed by atoms with Crippen molar-refractivity contribution in [2.45, 2.75) is 51.8 Å². The third kappa shape index (κ3) is 4.60. The molecule has 2 N–H and O–H groups in total. The van der Waals surface area contributed by atoms with Crippen molar-refractivity contribution in [2.24, 2.45) is 0 Å². The zero-order chi connectivity index (χ0) is 15.9. The number of rotatable bonds is 8. The molecule has 0 spiro atoms. The van der Waals surface area contributed by atoms with Crippen LogP contribution in [0.5, 0.6) is 0 Å². The first-order chi connectivity index (χ1) is 10.6. The molecule has 2 atom stereocenters. The summed E-state index contributed by atoms with van der Waals surface area (Å²) in [4.78, 5) is 16.0. The number of unbranched alkanes of at least 4 members (excludes halogenated alkanes) is 1. The second kappa shape index (κ2) is 8.00. The molecule has 2 rings (SSSR count). The summed E-state index contributed by atoms with van der Waals surface area (Å²) >= 11 is 1.50. The van der Waals surface area contributed by atoms with Crippen molar-refractivity contribution in [1.82, 2.24) is 25.3 Å². The number of carbonyl (C=O) groups excluding carboxylic acids is 1. The summed E-state index contributed by atoms with van der Waals surface area (Å²) in [5, 5.41) is 22.5. The number of nitrogens with one attached hydrogen (secondary N) is 1. The number of amides is 1. The SMILES string of the molecule is CCCCC(O)C(=O)N[C@@H](C)Cn1cc(-c2cscn2)nn1. The number of carbonyl (C=O) groups is 1. The number of aliphatic hydroxyl groups excluding tert-OH is 1. The lowest BCUT2D eigenvalue weighted by Crippen LogP contribution is -2.42. The van der Waals surface area contributed by atoms with Crippen LogP contribution >= 0.6 is 11.3 Å². The molecule has 22 heavy (non-hydrogen) atoms. The third-order valence-electron chi connectivity index (χ3n) is 3.22. The summed E-state index contributed by atoms with van der Waals surface area (Å²) in [5.41, 5.74) is 3.25. The average molecular weight is 323 g/mol. The number of nitrogens with zero attached hydrogens (tertiary/aromatic N) is 4. The highest BCUT2D eigenvalue weighted by atomic mass is 32.1. The molecule has 0 aliphatic heterocycles. The topological polar surface area (TPSA) is 92.9 Å². The van der Waals surface area contributed by atoms with E-state index in [0.29, 0.717) is 18.7 Å². The first kappa shape index (κ1) is 16.6. The van der Waals surface area contributed by atoms with Crippen LogP contribution in [0.2, 0.25) is 0 Å². The molecule has 0 bridgehead atoms. The Labute approximate surface area is 133 Å². The molecule has 7 nitrogen and oxygen atoms in total. The Hall–Kier alpha value is -1.80. The molecule has 0 aliphatic carbocycles. The lowest BCUT2D eigenvalue weighted by atomic mass is 10.1. The first-order valence-electron chi connectivity index (χ1n) is 7.37. The maximum absolute atomic E-state index is 11.8. The van der Waals surface area contributed by atoms with Crippen LogP contribution < -0.4 is 5.32 Å². The number of hydrogen-bond donors (Lipinski definition) is 2. The van der Waals surface area contributed by atoms with E-state index in [1.807, 2.05) is 19.2 Å². The summed E-state index contributed by atoms with van der Waals surface area (Å²) in [6, 6.07) is -0.145. The van der Waals surface area contributed by atoms with E-state index < -0.39 is 6.10 Å². The molecular weight excluding hydrogens is 302 g/mol.